The van der Waals surface area contributed by atoms with E-state index in [4.69, 9.17) is 4.74 Å². The molecule has 1 amide bonds. The third kappa shape index (κ3) is 2.96. The fraction of sp³-hybridized carbons (Fsp3) is 0.400. The van der Waals surface area contributed by atoms with Crippen LogP contribution in [0, 0.1) is 0 Å². The molecule has 1 aromatic heterocycles. The van der Waals surface area contributed by atoms with E-state index in [1.807, 2.05) is 12.1 Å². The van der Waals surface area contributed by atoms with Crippen molar-refractivity contribution in [3.8, 4) is 0 Å². The minimum absolute atomic E-state index is 0.0251. The molecule has 3 nitrogen and oxygen atoms in total. The highest BCUT2D eigenvalue weighted by molar-refractivity contribution is 7.19. The maximum Gasteiger partial charge on any atom is 0.249 e. The minimum atomic E-state index is -0.247. The Labute approximate surface area is 116 Å². The lowest BCUT2D eigenvalue weighted by Gasteiger charge is -2.21. The molecule has 1 fully saturated rings. The first-order valence-electron chi connectivity index (χ1n) is 6.70. The molecule has 0 bridgehead atoms. The third-order valence-electron chi connectivity index (χ3n) is 3.39. The smallest absolute Gasteiger partial charge is 0.249 e. The van der Waals surface area contributed by atoms with Gasteiger partial charge in [-0.1, -0.05) is 18.2 Å². The quantitative estimate of drug-likeness (QED) is 0.935. The predicted octanol–water partition coefficient (Wildman–Crippen LogP) is 3.09. The summed E-state index contributed by atoms with van der Waals surface area (Å²) in [6.07, 6.45) is 2.75. The molecule has 1 aromatic carbocycles. The SMILES string of the molecule is O=C(NCc1cc2ccccc2s1)[C@H]1CCCCO1. The average Bonchev–Trinajstić information content (AvgIpc) is 2.88. The molecule has 1 atom stereocenters. The zero-order valence-electron chi connectivity index (χ0n) is 10.7. The number of carbonyl (C=O) groups excluding carboxylic acids is 1. The van der Waals surface area contributed by atoms with Crippen LogP contribution in [0.1, 0.15) is 24.1 Å². The van der Waals surface area contributed by atoms with Gasteiger partial charge in [0, 0.05) is 16.2 Å². The third-order valence-corrected chi connectivity index (χ3v) is 4.50. The Bertz CT molecular complexity index is 539. The fourth-order valence-corrected chi connectivity index (χ4v) is 3.36. The van der Waals surface area contributed by atoms with Crippen LogP contribution in [0.5, 0.6) is 0 Å². The van der Waals surface area contributed by atoms with E-state index in [0.29, 0.717) is 13.2 Å². The maximum atomic E-state index is 12.0. The van der Waals surface area contributed by atoms with Crippen molar-refractivity contribution in [3.63, 3.8) is 0 Å². The molecule has 0 unspecified atom stereocenters. The molecule has 0 aliphatic carbocycles. The zero-order valence-corrected chi connectivity index (χ0v) is 11.5. The Morgan fingerprint density at radius 1 is 1.37 bits per heavy atom. The van der Waals surface area contributed by atoms with Gasteiger partial charge >= 0.3 is 0 Å². The molecule has 1 aliphatic rings. The summed E-state index contributed by atoms with van der Waals surface area (Å²) in [5, 5.41) is 4.22. The number of carbonyl (C=O) groups is 1. The number of ether oxygens (including phenoxy) is 1. The summed E-state index contributed by atoms with van der Waals surface area (Å²) < 4.78 is 6.74. The number of hydrogen-bond acceptors (Lipinski definition) is 3. The Morgan fingerprint density at radius 2 is 2.26 bits per heavy atom. The zero-order chi connectivity index (χ0) is 13.1. The second-order valence-electron chi connectivity index (χ2n) is 4.82. The molecule has 1 aliphatic heterocycles. The van der Waals surface area contributed by atoms with Crippen LogP contribution in [0.25, 0.3) is 10.1 Å². The van der Waals surface area contributed by atoms with Crippen molar-refractivity contribution in [1.29, 1.82) is 0 Å². The number of benzene rings is 1. The van der Waals surface area contributed by atoms with E-state index >= 15 is 0 Å². The van der Waals surface area contributed by atoms with Gasteiger partial charge in [0.25, 0.3) is 0 Å². The van der Waals surface area contributed by atoms with E-state index in [-0.39, 0.29) is 12.0 Å². The van der Waals surface area contributed by atoms with Gasteiger partial charge in [-0.05, 0) is 36.8 Å². The Kier molecular flexibility index (Phi) is 3.80. The monoisotopic (exact) mass is 275 g/mol. The summed E-state index contributed by atoms with van der Waals surface area (Å²) in [5.41, 5.74) is 0. The lowest BCUT2D eigenvalue weighted by Crippen LogP contribution is -2.37. The molecule has 0 radical (unpaired) electrons. The standard InChI is InChI=1S/C15H17NO2S/c17-15(13-6-3-4-8-18-13)16-10-12-9-11-5-1-2-7-14(11)19-12/h1-2,5,7,9,13H,3-4,6,8,10H2,(H,16,17)/t13-/m1/s1. The Hall–Kier alpha value is -1.39. The average molecular weight is 275 g/mol. The maximum absolute atomic E-state index is 12.0. The fourth-order valence-electron chi connectivity index (χ4n) is 2.36. The van der Waals surface area contributed by atoms with Crippen LogP contribution in [0.4, 0.5) is 0 Å². The van der Waals surface area contributed by atoms with Crippen LogP contribution in [0.2, 0.25) is 0 Å². The van der Waals surface area contributed by atoms with E-state index in [0.717, 1.165) is 19.3 Å². The van der Waals surface area contributed by atoms with Crippen molar-refractivity contribution >= 4 is 27.3 Å². The Morgan fingerprint density at radius 3 is 3.05 bits per heavy atom. The highest BCUT2D eigenvalue weighted by atomic mass is 32.1. The van der Waals surface area contributed by atoms with Gasteiger partial charge in [-0.15, -0.1) is 11.3 Å². The molecule has 0 saturated carbocycles. The number of hydrogen-bond donors (Lipinski definition) is 1. The van der Waals surface area contributed by atoms with Crippen molar-refractivity contribution in [2.45, 2.75) is 31.9 Å². The molecule has 2 aromatic rings. The topological polar surface area (TPSA) is 38.3 Å². The molecule has 2 heterocycles. The van der Waals surface area contributed by atoms with E-state index in [1.165, 1.54) is 15.0 Å². The van der Waals surface area contributed by atoms with Crippen molar-refractivity contribution < 1.29 is 9.53 Å². The van der Waals surface area contributed by atoms with Gasteiger partial charge in [0.2, 0.25) is 5.91 Å². The van der Waals surface area contributed by atoms with Gasteiger partial charge in [-0.2, -0.15) is 0 Å². The number of thiophene rings is 1. The normalized spacial score (nSPS) is 19.5. The summed E-state index contributed by atoms with van der Waals surface area (Å²) >= 11 is 1.73. The van der Waals surface area contributed by atoms with Crippen LogP contribution < -0.4 is 5.32 Å². The van der Waals surface area contributed by atoms with Gasteiger partial charge in [-0.3, -0.25) is 4.79 Å². The van der Waals surface area contributed by atoms with Crippen molar-refractivity contribution in [2.24, 2.45) is 0 Å². The van der Waals surface area contributed by atoms with Gasteiger partial charge in [-0.25, -0.2) is 0 Å². The van der Waals surface area contributed by atoms with Gasteiger partial charge in [0.1, 0.15) is 6.10 Å². The molecular formula is C15H17NO2S. The van der Waals surface area contributed by atoms with Gasteiger partial charge in [0.15, 0.2) is 0 Å². The van der Waals surface area contributed by atoms with Gasteiger partial charge in [0.05, 0.1) is 6.54 Å². The second kappa shape index (κ2) is 5.72. The lowest BCUT2D eigenvalue weighted by atomic mass is 10.1. The van der Waals surface area contributed by atoms with Crippen LogP contribution >= 0.6 is 11.3 Å². The van der Waals surface area contributed by atoms with Crippen molar-refractivity contribution in [3.05, 3.63) is 35.2 Å². The second-order valence-corrected chi connectivity index (χ2v) is 5.99. The minimum Gasteiger partial charge on any atom is -0.368 e. The first kappa shape index (κ1) is 12.6. The van der Waals surface area contributed by atoms with Crippen LogP contribution in [0.15, 0.2) is 30.3 Å². The molecule has 19 heavy (non-hydrogen) atoms. The van der Waals surface area contributed by atoms with E-state index in [1.54, 1.807) is 11.3 Å². The highest BCUT2D eigenvalue weighted by Crippen LogP contribution is 2.25. The number of amides is 1. The van der Waals surface area contributed by atoms with E-state index < -0.39 is 0 Å². The summed E-state index contributed by atoms with van der Waals surface area (Å²) in [6, 6.07) is 10.4. The van der Waals surface area contributed by atoms with Crippen LogP contribution in [-0.2, 0) is 16.1 Å². The van der Waals surface area contributed by atoms with Crippen molar-refractivity contribution in [1.82, 2.24) is 5.32 Å². The van der Waals surface area contributed by atoms with Crippen molar-refractivity contribution in [2.75, 3.05) is 6.61 Å². The molecule has 3 rings (SSSR count). The first-order chi connectivity index (χ1) is 9.33. The number of nitrogens with one attached hydrogen (secondary N) is 1. The van der Waals surface area contributed by atoms with E-state index in [9.17, 15) is 4.79 Å². The number of rotatable bonds is 3. The summed E-state index contributed by atoms with van der Waals surface area (Å²) in [5.74, 6) is 0.0251. The van der Waals surface area contributed by atoms with Gasteiger partial charge < -0.3 is 10.1 Å². The molecule has 100 valence electrons. The lowest BCUT2D eigenvalue weighted by molar-refractivity contribution is -0.135. The molecule has 1 N–H and O–H groups in total. The molecule has 1 saturated heterocycles. The summed E-state index contributed by atoms with van der Waals surface area (Å²) in [7, 11) is 0. The van der Waals surface area contributed by atoms with Crippen LogP contribution in [0.3, 0.4) is 0 Å². The summed E-state index contributed by atoms with van der Waals surface area (Å²) in [6.45, 7) is 1.30. The molecule has 0 spiro atoms. The Balaban J connectivity index is 1.60. The molecule has 4 heteroatoms. The summed E-state index contributed by atoms with van der Waals surface area (Å²) in [4.78, 5) is 13.1. The predicted molar refractivity (Wildman–Crippen MR) is 77.3 cm³/mol. The highest BCUT2D eigenvalue weighted by Gasteiger charge is 2.21. The number of fused-ring (bicyclic) bond motifs is 1. The van der Waals surface area contributed by atoms with E-state index in [2.05, 4.69) is 23.5 Å². The van der Waals surface area contributed by atoms with Crippen LogP contribution in [-0.4, -0.2) is 18.6 Å². The first-order valence-corrected chi connectivity index (χ1v) is 7.51. The molecular weight excluding hydrogens is 258 g/mol. The largest absolute Gasteiger partial charge is 0.368 e.